The molecular weight excluding hydrogens is 253 g/mol. The van der Waals surface area contributed by atoms with E-state index in [9.17, 15) is 13.2 Å². The zero-order valence-corrected chi connectivity index (χ0v) is 10.8. The molecule has 1 aromatic rings. The third-order valence-electron chi connectivity index (χ3n) is 4.21. The third-order valence-corrected chi connectivity index (χ3v) is 4.21. The summed E-state index contributed by atoms with van der Waals surface area (Å²) in [6, 6.07) is 1.49. The Morgan fingerprint density at radius 2 is 1.84 bits per heavy atom. The normalized spacial score (nSPS) is 27.7. The maximum absolute atomic E-state index is 13.8. The summed E-state index contributed by atoms with van der Waals surface area (Å²) in [6.07, 6.45) is 2.32. The van der Waals surface area contributed by atoms with Crippen molar-refractivity contribution in [3.8, 4) is 0 Å². The first kappa shape index (κ1) is 12.8. The Morgan fingerprint density at radius 3 is 2.42 bits per heavy atom. The van der Waals surface area contributed by atoms with Crippen molar-refractivity contribution < 1.29 is 13.2 Å². The average Bonchev–Trinajstić information content (AvgIpc) is 3.11. The Labute approximate surface area is 110 Å². The molecule has 104 valence electrons. The second-order valence-corrected chi connectivity index (χ2v) is 5.76. The van der Waals surface area contributed by atoms with Crippen molar-refractivity contribution in [2.24, 2.45) is 5.92 Å². The first-order chi connectivity index (χ1) is 8.99. The van der Waals surface area contributed by atoms with Crippen LogP contribution in [0, 0.1) is 23.4 Å². The standard InChI is InChI=1S/C14H17F3N2/c1-14(9-2-3-9)8-19(5-4-18-14)13-11(16)6-10(15)7-12(13)17/h6-7,9,18H,2-5,8H2,1H3. The van der Waals surface area contributed by atoms with Crippen molar-refractivity contribution >= 4 is 5.69 Å². The zero-order chi connectivity index (χ0) is 13.6. The monoisotopic (exact) mass is 270 g/mol. The highest BCUT2D eigenvalue weighted by molar-refractivity contribution is 5.50. The fraction of sp³-hybridized carbons (Fsp3) is 0.571. The van der Waals surface area contributed by atoms with Crippen LogP contribution in [0.25, 0.3) is 0 Å². The molecule has 1 aliphatic heterocycles. The van der Waals surface area contributed by atoms with Gasteiger partial charge >= 0.3 is 0 Å². The third kappa shape index (κ3) is 2.31. The molecular formula is C14H17F3N2. The zero-order valence-electron chi connectivity index (χ0n) is 10.8. The Morgan fingerprint density at radius 1 is 1.21 bits per heavy atom. The molecule has 1 aromatic carbocycles. The van der Waals surface area contributed by atoms with Crippen molar-refractivity contribution in [2.45, 2.75) is 25.3 Å². The Bertz CT molecular complexity index is 478. The van der Waals surface area contributed by atoms with E-state index in [0.717, 1.165) is 25.0 Å². The molecule has 2 nitrogen and oxygen atoms in total. The van der Waals surface area contributed by atoms with E-state index in [1.54, 1.807) is 4.90 Å². The first-order valence-electron chi connectivity index (χ1n) is 6.64. The topological polar surface area (TPSA) is 15.3 Å². The van der Waals surface area contributed by atoms with Crippen molar-refractivity contribution in [1.29, 1.82) is 0 Å². The Kier molecular flexibility index (Phi) is 2.96. The molecule has 1 saturated heterocycles. The SMILES string of the molecule is CC1(C2CC2)CN(c2c(F)cc(F)cc2F)CCN1. The fourth-order valence-electron chi connectivity index (χ4n) is 3.03. The van der Waals surface area contributed by atoms with Crippen LogP contribution in [-0.4, -0.2) is 25.2 Å². The smallest absolute Gasteiger partial charge is 0.152 e. The van der Waals surface area contributed by atoms with Crippen molar-refractivity contribution in [3.63, 3.8) is 0 Å². The van der Waals surface area contributed by atoms with Gasteiger partial charge in [-0.2, -0.15) is 0 Å². The molecule has 2 fully saturated rings. The molecule has 3 rings (SSSR count). The van der Waals surface area contributed by atoms with Gasteiger partial charge in [-0.05, 0) is 25.7 Å². The highest BCUT2D eigenvalue weighted by Gasteiger charge is 2.44. The van der Waals surface area contributed by atoms with Gasteiger partial charge in [-0.15, -0.1) is 0 Å². The number of nitrogens with one attached hydrogen (secondary N) is 1. The molecule has 0 radical (unpaired) electrons. The molecule has 1 atom stereocenters. The lowest BCUT2D eigenvalue weighted by molar-refractivity contribution is 0.283. The van der Waals surface area contributed by atoms with Gasteiger partial charge in [0.05, 0.1) is 0 Å². The van der Waals surface area contributed by atoms with Gasteiger partial charge in [-0.3, -0.25) is 0 Å². The molecule has 0 spiro atoms. The lowest BCUT2D eigenvalue weighted by Gasteiger charge is -2.43. The fourth-order valence-corrected chi connectivity index (χ4v) is 3.03. The number of benzene rings is 1. The quantitative estimate of drug-likeness (QED) is 0.889. The van der Waals surface area contributed by atoms with E-state index in [4.69, 9.17) is 0 Å². The lowest BCUT2D eigenvalue weighted by Crippen LogP contribution is -2.60. The maximum Gasteiger partial charge on any atom is 0.152 e. The maximum atomic E-state index is 13.8. The van der Waals surface area contributed by atoms with Gasteiger partial charge in [-0.25, -0.2) is 13.2 Å². The van der Waals surface area contributed by atoms with Crippen molar-refractivity contribution in [1.82, 2.24) is 5.32 Å². The minimum atomic E-state index is -0.876. The van der Waals surface area contributed by atoms with Crippen LogP contribution in [0.1, 0.15) is 19.8 Å². The van der Waals surface area contributed by atoms with Crippen molar-refractivity contribution in [2.75, 3.05) is 24.5 Å². The minimum Gasteiger partial charge on any atom is -0.364 e. The highest BCUT2D eigenvalue weighted by Crippen LogP contribution is 2.41. The van der Waals surface area contributed by atoms with E-state index in [1.165, 1.54) is 0 Å². The van der Waals surface area contributed by atoms with E-state index in [0.29, 0.717) is 25.6 Å². The summed E-state index contributed by atoms with van der Waals surface area (Å²) in [7, 11) is 0. The number of hydrogen-bond acceptors (Lipinski definition) is 2. The summed E-state index contributed by atoms with van der Waals surface area (Å²) >= 11 is 0. The van der Waals surface area contributed by atoms with Gasteiger partial charge in [-0.1, -0.05) is 0 Å². The van der Waals surface area contributed by atoms with Gasteiger partial charge in [0.2, 0.25) is 0 Å². The van der Waals surface area contributed by atoms with E-state index in [1.807, 2.05) is 0 Å². The van der Waals surface area contributed by atoms with Crippen LogP contribution in [0.4, 0.5) is 18.9 Å². The van der Waals surface area contributed by atoms with Gasteiger partial charge < -0.3 is 10.2 Å². The lowest BCUT2D eigenvalue weighted by atomic mass is 9.92. The van der Waals surface area contributed by atoms with Gasteiger partial charge in [0.15, 0.2) is 11.6 Å². The van der Waals surface area contributed by atoms with E-state index < -0.39 is 17.5 Å². The summed E-state index contributed by atoms with van der Waals surface area (Å²) < 4.78 is 40.6. The number of nitrogens with zero attached hydrogens (tertiary/aromatic N) is 1. The van der Waals surface area contributed by atoms with Crippen LogP contribution >= 0.6 is 0 Å². The van der Waals surface area contributed by atoms with Gasteiger partial charge in [0, 0.05) is 37.3 Å². The Balaban J connectivity index is 1.89. The number of piperazine rings is 1. The summed E-state index contributed by atoms with van der Waals surface area (Å²) in [6.45, 7) is 3.86. The number of halogens is 3. The molecule has 19 heavy (non-hydrogen) atoms. The van der Waals surface area contributed by atoms with Crippen LogP contribution in [0.5, 0.6) is 0 Å². The molecule has 1 saturated carbocycles. The van der Waals surface area contributed by atoms with Crippen molar-refractivity contribution in [3.05, 3.63) is 29.6 Å². The van der Waals surface area contributed by atoms with Gasteiger partial charge in [0.1, 0.15) is 11.5 Å². The molecule has 5 heteroatoms. The van der Waals surface area contributed by atoms with Crippen LogP contribution in [0.2, 0.25) is 0 Å². The number of anilines is 1. The first-order valence-corrected chi connectivity index (χ1v) is 6.64. The molecule has 1 N–H and O–H groups in total. The minimum absolute atomic E-state index is 0.102. The molecule has 0 aromatic heterocycles. The van der Waals surface area contributed by atoms with Crippen LogP contribution in [0.15, 0.2) is 12.1 Å². The molecule has 1 unspecified atom stereocenters. The predicted octanol–water partition coefficient (Wildman–Crippen LogP) is 2.68. The molecule has 0 amide bonds. The summed E-state index contributed by atoms with van der Waals surface area (Å²) in [4.78, 5) is 1.69. The largest absolute Gasteiger partial charge is 0.364 e. The van der Waals surface area contributed by atoms with E-state index >= 15 is 0 Å². The number of hydrogen-bond donors (Lipinski definition) is 1. The molecule has 0 bridgehead atoms. The molecule has 1 heterocycles. The summed E-state index contributed by atoms with van der Waals surface area (Å²) in [5.41, 5.74) is -0.208. The highest BCUT2D eigenvalue weighted by atomic mass is 19.1. The average molecular weight is 270 g/mol. The van der Waals surface area contributed by atoms with E-state index in [2.05, 4.69) is 12.2 Å². The summed E-state index contributed by atoms with van der Waals surface area (Å²) in [5.74, 6) is -1.95. The summed E-state index contributed by atoms with van der Waals surface area (Å²) in [5, 5.41) is 3.45. The predicted molar refractivity (Wildman–Crippen MR) is 67.7 cm³/mol. The van der Waals surface area contributed by atoms with Gasteiger partial charge in [0.25, 0.3) is 0 Å². The second kappa shape index (κ2) is 4.40. The Hall–Kier alpha value is -1.23. The molecule has 2 aliphatic rings. The number of rotatable bonds is 2. The van der Waals surface area contributed by atoms with Crippen LogP contribution in [-0.2, 0) is 0 Å². The second-order valence-electron chi connectivity index (χ2n) is 5.76. The molecule has 1 aliphatic carbocycles. The van der Waals surface area contributed by atoms with Crippen LogP contribution in [0.3, 0.4) is 0 Å². The van der Waals surface area contributed by atoms with E-state index in [-0.39, 0.29) is 11.2 Å². The van der Waals surface area contributed by atoms with Crippen LogP contribution < -0.4 is 10.2 Å².